The van der Waals surface area contributed by atoms with Gasteiger partial charge in [-0.05, 0) is 13.3 Å². The standard InChI is InChI=1S/C7H12N2O/c1-3-4-9-7(10)6(2)5-8-9/h5,8H,3-4H2,1-2H3. The zero-order chi connectivity index (χ0) is 7.56. The van der Waals surface area contributed by atoms with E-state index in [9.17, 15) is 4.79 Å². The Morgan fingerprint density at radius 1 is 1.70 bits per heavy atom. The van der Waals surface area contributed by atoms with Crippen LogP contribution in [0.5, 0.6) is 0 Å². The molecule has 0 aliphatic heterocycles. The molecule has 0 aliphatic carbocycles. The van der Waals surface area contributed by atoms with Gasteiger partial charge in [-0.3, -0.25) is 9.48 Å². The first kappa shape index (κ1) is 7.12. The lowest BCUT2D eigenvalue weighted by Gasteiger charge is -1.94. The molecule has 1 rings (SSSR count). The molecule has 0 bridgehead atoms. The van der Waals surface area contributed by atoms with Crippen LogP contribution in [-0.4, -0.2) is 9.78 Å². The Labute approximate surface area is 59.7 Å². The molecule has 3 heteroatoms. The van der Waals surface area contributed by atoms with Gasteiger partial charge in [-0.15, -0.1) is 0 Å². The van der Waals surface area contributed by atoms with Crippen molar-refractivity contribution in [3.05, 3.63) is 22.1 Å². The van der Waals surface area contributed by atoms with Crippen LogP contribution in [0.4, 0.5) is 0 Å². The Morgan fingerprint density at radius 3 is 2.80 bits per heavy atom. The van der Waals surface area contributed by atoms with Crippen LogP contribution in [0.2, 0.25) is 0 Å². The van der Waals surface area contributed by atoms with Crippen molar-refractivity contribution in [3.8, 4) is 0 Å². The van der Waals surface area contributed by atoms with E-state index in [0.717, 1.165) is 18.5 Å². The molecule has 0 atom stereocenters. The second kappa shape index (κ2) is 2.73. The first-order valence-corrected chi connectivity index (χ1v) is 3.50. The Bertz CT molecular complexity index is 259. The summed E-state index contributed by atoms with van der Waals surface area (Å²) >= 11 is 0. The van der Waals surface area contributed by atoms with E-state index >= 15 is 0 Å². The minimum absolute atomic E-state index is 0.0989. The predicted octanol–water partition coefficient (Wildman–Crippen LogP) is 0.895. The fraction of sp³-hybridized carbons (Fsp3) is 0.571. The molecule has 1 aromatic heterocycles. The summed E-state index contributed by atoms with van der Waals surface area (Å²) in [6.45, 7) is 4.64. The van der Waals surface area contributed by atoms with Gasteiger partial charge in [0.2, 0.25) is 0 Å². The Balaban J connectivity index is 2.95. The number of hydrogen-bond acceptors (Lipinski definition) is 1. The first-order chi connectivity index (χ1) is 4.75. The van der Waals surface area contributed by atoms with Gasteiger partial charge in [0.1, 0.15) is 0 Å². The average Bonchev–Trinajstić information content (AvgIpc) is 2.20. The van der Waals surface area contributed by atoms with Gasteiger partial charge in [-0.2, -0.15) is 0 Å². The number of nitrogens with zero attached hydrogens (tertiary/aromatic N) is 1. The molecule has 0 spiro atoms. The van der Waals surface area contributed by atoms with Crippen LogP contribution in [-0.2, 0) is 6.54 Å². The number of aromatic nitrogens is 2. The second-order valence-electron chi connectivity index (χ2n) is 2.41. The van der Waals surface area contributed by atoms with Crippen LogP contribution < -0.4 is 5.56 Å². The number of rotatable bonds is 2. The van der Waals surface area contributed by atoms with E-state index in [0.29, 0.717) is 0 Å². The van der Waals surface area contributed by atoms with E-state index in [2.05, 4.69) is 5.10 Å². The summed E-state index contributed by atoms with van der Waals surface area (Å²) in [4.78, 5) is 11.1. The molecule has 0 aliphatic rings. The van der Waals surface area contributed by atoms with Gasteiger partial charge in [-0.1, -0.05) is 6.92 Å². The monoisotopic (exact) mass is 140 g/mol. The predicted molar refractivity (Wildman–Crippen MR) is 40.1 cm³/mol. The minimum atomic E-state index is 0.0989. The van der Waals surface area contributed by atoms with E-state index < -0.39 is 0 Å². The highest BCUT2D eigenvalue weighted by atomic mass is 16.1. The zero-order valence-corrected chi connectivity index (χ0v) is 6.35. The van der Waals surface area contributed by atoms with Crippen LogP contribution in [0.15, 0.2) is 11.0 Å². The number of hydrogen-bond donors (Lipinski definition) is 1. The molecule has 0 fully saturated rings. The summed E-state index contributed by atoms with van der Waals surface area (Å²) in [5, 5.41) is 2.88. The van der Waals surface area contributed by atoms with Crippen molar-refractivity contribution < 1.29 is 0 Å². The molecule has 0 saturated carbocycles. The van der Waals surface area contributed by atoms with E-state index in [1.807, 2.05) is 13.8 Å². The second-order valence-corrected chi connectivity index (χ2v) is 2.41. The van der Waals surface area contributed by atoms with Crippen LogP contribution in [0, 0.1) is 6.92 Å². The van der Waals surface area contributed by atoms with Gasteiger partial charge < -0.3 is 5.10 Å². The van der Waals surface area contributed by atoms with E-state index in [-0.39, 0.29) is 5.56 Å². The molecule has 56 valence electrons. The van der Waals surface area contributed by atoms with Gasteiger partial charge in [0.25, 0.3) is 5.56 Å². The largest absolute Gasteiger partial charge is 0.303 e. The Hall–Kier alpha value is -0.990. The highest BCUT2D eigenvalue weighted by Crippen LogP contribution is 1.86. The minimum Gasteiger partial charge on any atom is -0.303 e. The fourth-order valence-electron chi connectivity index (χ4n) is 0.898. The Kier molecular flexibility index (Phi) is 1.94. The number of H-pyrrole nitrogens is 1. The van der Waals surface area contributed by atoms with Crippen LogP contribution in [0.3, 0.4) is 0 Å². The molecular weight excluding hydrogens is 128 g/mol. The lowest BCUT2D eigenvalue weighted by atomic mass is 10.4. The molecular formula is C7H12N2O. The maximum atomic E-state index is 11.1. The van der Waals surface area contributed by atoms with Gasteiger partial charge in [-0.25, -0.2) is 0 Å². The number of nitrogens with one attached hydrogen (secondary N) is 1. The summed E-state index contributed by atoms with van der Waals surface area (Å²) in [6, 6.07) is 0. The molecule has 10 heavy (non-hydrogen) atoms. The van der Waals surface area contributed by atoms with Crippen molar-refractivity contribution >= 4 is 0 Å². The fourth-order valence-corrected chi connectivity index (χ4v) is 0.898. The lowest BCUT2D eigenvalue weighted by Crippen LogP contribution is -2.17. The van der Waals surface area contributed by atoms with Crippen molar-refractivity contribution in [2.24, 2.45) is 0 Å². The topological polar surface area (TPSA) is 37.8 Å². The molecule has 0 saturated heterocycles. The van der Waals surface area contributed by atoms with Crippen LogP contribution in [0.1, 0.15) is 18.9 Å². The van der Waals surface area contributed by atoms with Crippen LogP contribution in [0.25, 0.3) is 0 Å². The molecule has 3 nitrogen and oxygen atoms in total. The SMILES string of the molecule is CCCn1[nH]cc(C)c1=O. The molecule has 1 aromatic rings. The van der Waals surface area contributed by atoms with Gasteiger partial charge in [0.15, 0.2) is 0 Å². The third kappa shape index (κ3) is 1.12. The van der Waals surface area contributed by atoms with Crippen molar-refractivity contribution in [1.82, 2.24) is 9.78 Å². The highest BCUT2D eigenvalue weighted by Gasteiger charge is 1.97. The van der Waals surface area contributed by atoms with Gasteiger partial charge in [0, 0.05) is 18.3 Å². The van der Waals surface area contributed by atoms with Crippen molar-refractivity contribution in [2.75, 3.05) is 0 Å². The molecule has 0 unspecified atom stereocenters. The molecule has 1 N–H and O–H groups in total. The maximum absolute atomic E-state index is 11.1. The smallest absolute Gasteiger partial charge is 0.269 e. The highest BCUT2D eigenvalue weighted by molar-refractivity contribution is 5.00. The zero-order valence-electron chi connectivity index (χ0n) is 6.35. The summed E-state index contributed by atoms with van der Waals surface area (Å²) < 4.78 is 1.62. The summed E-state index contributed by atoms with van der Waals surface area (Å²) in [5.41, 5.74) is 0.885. The molecule has 0 aromatic carbocycles. The van der Waals surface area contributed by atoms with Crippen LogP contribution >= 0.6 is 0 Å². The third-order valence-corrected chi connectivity index (χ3v) is 1.47. The summed E-state index contributed by atoms with van der Waals surface area (Å²) in [6.07, 6.45) is 2.72. The maximum Gasteiger partial charge on any atom is 0.269 e. The van der Waals surface area contributed by atoms with Gasteiger partial charge in [0.05, 0.1) is 0 Å². The normalized spacial score (nSPS) is 10.2. The van der Waals surface area contributed by atoms with Crippen molar-refractivity contribution in [2.45, 2.75) is 26.8 Å². The first-order valence-electron chi connectivity index (χ1n) is 3.50. The summed E-state index contributed by atoms with van der Waals surface area (Å²) in [7, 11) is 0. The molecule has 1 heterocycles. The molecule has 0 amide bonds. The molecule has 0 radical (unpaired) electrons. The van der Waals surface area contributed by atoms with E-state index in [1.54, 1.807) is 10.9 Å². The van der Waals surface area contributed by atoms with Crippen molar-refractivity contribution in [1.29, 1.82) is 0 Å². The van der Waals surface area contributed by atoms with E-state index in [1.165, 1.54) is 0 Å². The Morgan fingerprint density at radius 2 is 2.40 bits per heavy atom. The quantitative estimate of drug-likeness (QED) is 0.651. The average molecular weight is 140 g/mol. The third-order valence-electron chi connectivity index (χ3n) is 1.47. The number of aryl methyl sites for hydroxylation is 2. The lowest BCUT2D eigenvalue weighted by molar-refractivity contribution is 0.584. The number of aromatic amines is 1. The van der Waals surface area contributed by atoms with Gasteiger partial charge >= 0.3 is 0 Å². The van der Waals surface area contributed by atoms with E-state index in [4.69, 9.17) is 0 Å². The van der Waals surface area contributed by atoms with Crippen molar-refractivity contribution in [3.63, 3.8) is 0 Å². The summed E-state index contributed by atoms with van der Waals surface area (Å²) in [5.74, 6) is 0.